The van der Waals surface area contributed by atoms with Crippen LogP contribution in [0.1, 0.15) is 24.2 Å². The lowest BCUT2D eigenvalue weighted by atomic mass is 10.0. The lowest BCUT2D eigenvalue weighted by molar-refractivity contribution is -0.146. The van der Waals surface area contributed by atoms with E-state index in [1.165, 1.54) is 24.3 Å². The van der Waals surface area contributed by atoms with E-state index in [1.54, 1.807) is 0 Å². The first-order valence-corrected chi connectivity index (χ1v) is 4.67. The minimum absolute atomic E-state index is 0.177. The van der Waals surface area contributed by atoms with Gasteiger partial charge in [0.05, 0.1) is 0 Å². The third kappa shape index (κ3) is 3.58. The molecule has 0 bridgehead atoms. The van der Waals surface area contributed by atoms with Crippen molar-refractivity contribution in [2.75, 3.05) is 0 Å². The fourth-order valence-electron chi connectivity index (χ4n) is 1.32. The Morgan fingerprint density at radius 1 is 1.38 bits per heavy atom. The minimum Gasteiger partial charge on any atom is -0.479 e. The van der Waals surface area contributed by atoms with Crippen molar-refractivity contribution in [1.29, 1.82) is 0 Å². The molecule has 0 aliphatic carbocycles. The quantitative estimate of drug-likeness (QED) is 0.831. The van der Waals surface area contributed by atoms with Gasteiger partial charge in [0.2, 0.25) is 5.92 Å². The molecule has 1 atom stereocenters. The Balaban J connectivity index is 2.79. The van der Waals surface area contributed by atoms with Crippen LogP contribution in [0, 0.1) is 0 Å². The highest BCUT2D eigenvalue weighted by molar-refractivity contribution is 5.73. The molecular formula is C11H12F2O3. The fourth-order valence-corrected chi connectivity index (χ4v) is 1.32. The highest BCUT2D eigenvalue weighted by atomic mass is 19.3. The van der Waals surface area contributed by atoms with E-state index < -0.39 is 24.4 Å². The van der Waals surface area contributed by atoms with E-state index in [0.717, 1.165) is 6.92 Å². The Kier molecular flexibility index (Phi) is 3.59. The summed E-state index contributed by atoms with van der Waals surface area (Å²) in [5.74, 6) is -4.17. The van der Waals surface area contributed by atoms with Crippen LogP contribution in [0.2, 0.25) is 0 Å². The van der Waals surface area contributed by atoms with Crippen LogP contribution in [0.15, 0.2) is 24.3 Å². The molecule has 0 radical (unpaired) electrons. The summed E-state index contributed by atoms with van der Waals surface area (Å²) >= 11 is 0. The zero-order valence-corrected chi connectivity index (χ0v) is 8.65. The van der Waals surface area contributed by atoms with Gasteiger partial charge in [-0.1, -0.05) is 24.3 Å². The molecule has 0 fully saturated rings. The van der Waals surface area contributed by atoms with Gasteiger partial charge in [0.1, 0.15) is 0 Å². The number of carbonyl (C=O) groups is 1. The SMILES string of the molecule is CC(F)(F)Cc1ccc(C(O)C(=O)O)cc1. The first kappa shape index (κ1) is 12.6. The van der Waals surface area contributed by atoms with Gasteiger partial charge in [-0.3, -0.25) is 0 Å². The van der Waals surface area contributed by atoms with Crippen LogP contribution in [-0.2, 0) is 11.2 Å². The van der Waals surface area contributed by atoms with E-state index >= 15 is 0 Å². The van der Waals surface area contributed by atoms with Crippen molar-refractivity contribution in [3.63, 3.8) is 0 Å². The molecule has 0 spiro atoms. The van der Waals surface area contributed by atoms with E-state index in [2.05, 4.69) is 0 Å². The van der Waals surface area contributed by atoms with E-state index in [1.807, 2.05) is 0 Å². The molecule has 2 N–H and O–H groups in total. The lowest BCUT2D eigenvalue weighted by Crippen LogP contribution is -2.14. The summed E-state index contributed by atoms with van der Waals surface area (Å²) in [7, 11) is 0. The van der Waals surface area contributed by atoms with E-state index in [4.69, 9.17) is 5.11 Å². The number of benzene rings is 1. The number of rotatable bonds is 4. The molecule has 0 heterocycles. The summed E-state index contributed by atoms with van der Waals surface area (Å²) in [5.41, 5.74) is 0.574. The maximum atomic E-state index is 12.7. The largest absolute Gasteiger partial charge is 0.479 e. The van der Waals surface area contributed by atoms with Crippen LogP contribution in [0.5, 0.6) is 0 Å². The van der Waals surface area contributed by atoms with Gasteiger partial charge in [0, 0.05) is 6.42 Å². The Morgan fingerprint density at radius 2 is 1.88 bits per heavy atom. The number of carboxylic acids is 1. The van der Waals surface area contributed by atoms with Gasteiger partial charge in [-0.05, 0) is 18.1 Å². The highest BCUT2D eigenvalue weighted by Gasteiger charge is 2.22. The molecule has 1 aromatic rings. The third-order valence-corrected chi connectivity index (χ3v) is 2.04. The van der Waals surface area contributed by atoms with E-state index in [-0.39, 0.29) is 5.56 Å². The van der Waals surface area contributed by atoms with Crippen LogP contribution in [-0.4, -0.2) is 22.1 Å². The van der Waals surface area contributed by atoms with Crippen LogP contribution >= 0.6 is 0 Å². The van der Waals surface area contributed by atoms with Gasteiger partial charge in [-0.25, -0.2) is 13.6 Å². The molecular weight excluding hydrogens is 218 g/mol. The van der Waals surface area contributed by atoms with Gasteiger partial charge in [0.25, 0.3) is 0 Å². The predicted molar refractivity (Wildman–Crippen MR) is 53.4 cm³/mol. The number of hydrogen-bond donors (Lipinski definition) is 2. The summed E-state index contributed by atoms with van der Waals surface area (Å²) in [4.78, 5) is 10.4. The number of aliphatic carboxylic acids is 1. The molecule has 0 saturated carbocycles. The molecule has 0 aliphatic rings. The predicted octanol–water partition coefficient (Wildman–Crippen LogP) is 2.00. The van der Waals surface area contributed by atoms with Crippen molar-refractivity contribution < 1.29 is 23.8 Å². The zero-order chi connectivity index (χ0) is 12.3. The highest BCUT2D eigenvalue weighted by Crippen LogP contribution is 2.20. The van der Waals surface area contributed by atoms with Gasteiger partial charge in [0.15, 0.2) is 6.10 Å². The number of aliphatic hydroxyl groups is 1. The van der Waals surface area contributed by atoms with Gasteiger partial charge < -0.3 is 10.2 Å². The van der Waals surface area contributed by atoms with Crippen molar-refractivity contribution in [2.24, 2.45) is 0 Å². The number of halogens is 2. The Labute approximate surface area is 91.3 Å². The van der Waals surface area contributed by atoms with Crippen LogP contribution in [0.3, 0.4) is 0 Å². The van der Waals surface area contributed by atoms with Crippen molar-refractivity contribution in [3.05, 3.63) is 35.4 Å². The normalized spacial score (nSPS) is 13.5. The van der Waals surface area contributed by atoms with Crippen LogP contribution in [0.25, 0.3) is 0 Å². The molecule has 0 saturated heterocycles. The number of aliphatic hydroxyl groups excluding tert-OH is 1. The number of alkyl halides is 2. The molecule has 1 unspecified atom stereocenters. The second kappa shape index (κ2) is 4.57. The Hall–Kier alpha value is -1.49. The van der Waals surface area contributed by atoms with E-state index in [0.29, 0.717) is 5.56 Å². The van der Waals surface area contributed by atoms with Gasteiger partial charge >= 0.3 is 5.97 Å². The molecule has 16 heavy (non-hydrogen) atoms. The molecule has 0 aliphatic heterocycles. The summed E-state index contributed by atoms with van der Waals surface area (Å²) < 4.78 is 25.3. The summed E-state index contributed by atoms with van der Waals surface area (Å²) in [5, 5.41) is 17.7. The average molecular weight is 230 g/mol. The third-order valence-electron chi connectivity index (χ3n) is 2.04. The van der Waals surface area contributed by atoms with Crippen molar-refractivity contribution in [2.45, 2.75) is 25.4 Å². The molecule has 0 amide bonds. The monoisotopic (exact) mass is 230 g/mol. The maximum absolute atomic E-state index is 12.7. The molecule has 1 rings (SSSR count). The zero-order valence-electron chi connectivity index (χ0n) is 8.65. The smallest absolute Gasteiger partial charge is 0.337 e. The first-order chi connectivity index (χ1) is 7.29. The summed E-state index contributed by atoms with van der Waals surface area (Å²) in [6.45, 7) is 0.813. The molecule has 1 aromatic carbocycles. The van der Waals surface area contributed by atoms with Crippen molar-refractivity contribution in [3.8, 4) is 0 Å². The second-order valence-electron chi connectivity index (χ2n) is 3.73. The first-order valence-electron chi connectivity index (χ1n) is 4.67. The molecule has 88 valence electrons. The average Bonchev–Trinajstić information content (AvgIpc) is 2.15. The van der Waals surface area contributed by atoms with Crippen molar-refractivity contribution >= 4 is 5.97 Å². The maximum Gasteiger partial charge on any atom is 0.337 e. The van der Waals surface area contributed by atoms with Crippen LogP contribution in [0.4, 0.5) is 8.78 Å². The lowest BCUT2D eigenvalue weighted by Gasteiger charge is -2.11. The standard InChI is InChI=1S/C11H12F2O3/c1-11(12,13)6-7-2-4-8(5-3-7)9(14)10(15)16/h2-5,9,14H,6H2,1H3,(H,15,16). The second-order valence-corrected chi connectivity index (χ2v) is 3.73. The van der Waals surface area contributed by atoms with Gasteiger partial charge in [-0.15, -0.1) is 0 Å². The topological polar surface area (TPSA) is 57.5 Å². The number of hydrogen-bond acceptors (Lipinski definition) is 2. The Bertz CT molecular complexity index is 368. The van der Waals surface area contributed by atoms with Crippen LogP contribution < -0.4 is 0 Å². The summed E-state index contributed by atoms with van der Waals surface area (Å²) in [6.07, 6.45) is -2.02. The fraction of sp³-hybridized carbons (Fsp3) is 0.364. The summed E-state index contributed by atoms with van der Waals surface area (Å²) in [6, 6.07) is 5.44. The molecule has 5 heteroatoms. The van der Waals surface area contributed by atoms with E-state index in [9.17, 15) is 18.7 Å². The molecule has 3 nitrogen and oxygen atoms in total. The molecule has 0 aromatic heterocycles. The van der Waals surface area contributed by atoms with Crippen molar-refractivity contribution in [1.82, 2.24) is 0 Å². The number of carboxylic acid groups (broad SMARTS) is 1. The minimum atomic E-state index is -2.80. The Morgan fingerprint density at radius 3 is 2.25 bits per heavy atom. The van der Waals surface area contributed by atoms with Gasteiger partial charge in [-0.2, -0.15) is 0 Å².